The van der Waals surface area contributed by atoms with E-state index >= 15 is 0 Å². The van der Waals surface area contributed by atoms with Crippen molar-refractivity contribution < 1.29 is 21.6 Å². The van der Waals surface area contributed by atoms with Crippen LogP contribution in [0.15, 0.2) is 79.4 Å². The van der Waals surface area contributed by atoms with E-state index in [1.54, 1.807) is 30.9 Å². The van der Waals surface area contributed by atoms with Gasteiger partial charge < -0.3 is 21.0 Å². The predicted molar refractivity (Wildman–Crippen MR) is 178 cm³/mol. The Kier molecular flexibility index (Phi) is 12.4. The summed E-state index contributed by atoms with van der Waals surface area (Å²) in [5.41, 5.74) is 9.27. The molecule has 0 aliphatic heterocycles. The second kappa shape index (κ2) is 16.6. The molecule has 7 N–H and O–H groups in total. The topological polar surface area (TPSA) is 205 Å². The summed E-state index contributed by atoms with van der Waals surface area (Å²) in [5, 5.41) is 4.42. The highest BCUT2D eigenvalue weighted by atomic mass is 32.2. The highest BCUT2D eigenvalue weighted by Crippen LogP contribution is 2.16. The maximum atomic E-state index is 12.2. The number of sulfonamides is 2. The van der Waals surface area contributed by atoms with Crippen molar-refractivity contribution in [1.29, 1.82) is 0 Å². The molecule has 0 unspecified atom stereocenters. The Morgan fingerprint density at radius 1 is 0.761 bits per heavy atom. The molecule has 4 aromatic heterocycles. The standard InChI is InChI=1S/C20H20N4O3S.C11H16N4O2S/c25-19(8-7-16-5-2-1-3-6-16)21-11-4-14-28(26,27)24-15-17-9-12-22-20-18(17)10-13-23-20;12-4-1-7-18(16,17)15-8-9-2-5-13-11-10(9)3-6-14-11/h1-3,5-6,9-10,12-13,24H,4,11,14-15H2,(H,21,25)(H,22,23);2-3,5-6,15H,1,4,7-8,12H2,(H,13,14). The normalized spacial score (nSPS) is 11.4. The molecule has 1 aromatic carbocycles. The number of aromatic amines is 2. The van der Waals surface area contributed by atoms with Crippen LogP contribution in [0, 0.1) is 11.8 Å². The molecule has 0 saturated carbocycles. The third kappa shape index (κ3) is 10.8. The first-order valence-electron chi connectivity index (χ1n) is 14.5. The highest BCUT2D eigenvalue weighted by Gasteiger charge is 2.12. The summed E-state index contributed by atoms with van der Waals surface area (Å²) in [5.74, 6) is 4.78. The number of fused-ring (bicyclic) bond motifs is 2. The Bertz CT molecular complexity index is 2020. The van der Waals surface area contributed by atoms with E-state index in [2.05, 4.69) is 46.5 Å². The zero-order chi connectivity index (χ0) is 32.8. The molecular formula is C31H36N8O5S2. The molecular weight excluding hydrogens is 629 g/mol. The van der Waals surface area contributed by atoms with Gasteiger partial charge in [-0.15, -0.1) is 0 Å². The fourth-order valence-electron chi connectivity index (χ4n) is 4.30. The Morgan fingerprint density at radius 3 is 1.85 bits per heavy atom. The van der Waals surface area contributed by atoms with Crippen LogP contribution in [0.4, 0.5) is 0 Å². The first kappa shape index (κ1) is 34.3. The summed E-state index contributed by atoms with van der Waals surface area (Å²) in [6.45, 7) is 1.07. The lowest BCUT2D eigenvalue weighted by Gasteiger charge is -2.07. The van der Waals surface area contributed by atoms with Crippen LogP contribution in [0.1, 0.15) is 29.5 Å². The summed E-state index contributed by atoms with van der Waals surface area (Å²) in [6, 6.07) is 16.5. The zero-order valence-corrected chi connectivity index (χ0v) is 26.6. The SMILES string of the molecule is NCCCS(=O)(=O)NCc1ccnc2[nH]ccc12.O=C(C#Cc1ccccc1)NCCCS(=O)(=O)NCc1ccnc2[nH]ccc12. The first-order chi connectivity index (χ1) is 22.2. The molecule has 15 heteroatoms. The molecule has 46 heavy (non-hydrogen) atoms. The maximum absolute atomic E-state index is 12.2. The van der Waals surface area contributed by atoms with E-state index in [4.69, 9.17) is 5.73 Å². The molecule has 0 spiro atoms. The van der Waals surface area contributed by atoms with E-state index in [-0.39, 0.29) is 31.1 Å². The van der Waals surface area contributed by atoms with Gasteiger partial charge in [-0.2, -0.15) is 0 Å². The van der Waals surface area contributed by atoms with E-state index in [0.29, 0.717) is 19.4 Å². The van der Waals surface area contributed by atoms with Crippen LogP contribution >= 0.6 is 0 Å². The summed E-state index contributed by atoms with van der Waals surface area (Å²) < 4.78 is 52.8. The number of rotatable bonds is 13. The van der Waals surface area contributed by atoms with Crippen molar-refractivity contribution in [2.75, 3.05) is 24.6 Å². The number of hydrogen-bond donors (Lipinski definition) is 6. The van der Waals surface area contributed by atoms with Gasteiger partial charge in [-0.1, -0.05) is 24.1 Å². The fraction of sp³-hybridized carbons (Fsp3) is 0.258. The van der Waals surface area contributed by atoms with E-state index in [0.717, 1.165) is 38.8 Å². The highest BCUT2D eigenvalue weighted by molar-refractivity contribution is 7.89. The van der Waals surface area contributed by atoms with Crippen molar-refractivity contribution in [2.24, 2.45) is 5.73 Å². The van der Waals surface area contributed by atoms with Gasteiger partial charge >= 0.3 is 0 Å². The second-order valence-corrected chi connectivity index (χ2v) is 13.9. The van der Waals surface area contributed by atoms with Crippen molar-refractivity contribution >= 4 is 48.0 Å². The number of pyridine rings is 2. The number of carbonyl (C=O) groups excluding carboxylic acids is 1. The molecule has 0 aliphatic rings. The monoisotopic (exact) mass is 664 g/mol. The van der Waals surface area contributed by atoms with E-state index < -0.39 is 26.0 Å². The van der Waals surface area contributed by atoms with Gasteiger partial charge in [0, 0.05) is 66.7 Å². The van der Waals surface area contributed by atoms with E-state index in [1.165, 1.54) is 0 Å². The van der Waals surface area contributed by atoms with E-state index in [9.17, 15) is 21.6 Å². The quantitative estimate of drug-likeness (QED) is 0.0808. The summed E-state index contributed by atoms with van der Waals surface area (Å²) >= 11 is 0. The zero-order valence-electron chi connectivity index (χ0n) is 25.0. The predicted octanol–water partition coefficient (Wildman–Crippen LogP) is 1.87. The number of hydrogen-bond acceptors (Lipinski definition) is 8. The van der Waals surface area contributed by atoms with Gasteiger partial charge in [0.25, 0.3) is 5.91 Å². The molecule has 0 saturated heterocycles. The van der Waals surface area contributed by atoms with Crippen molar-refractivity contribution in [3.05, 3.63) is 96.1 Å². The van der Waals surface area contributed by atoms with Crippen molar-refractivity contribution in [3.8, 4) is 11.8 Å². The minimum Gasteiger partial charge on any atom is -0.346 e. The lowest BCUT2D eigenvalue weighted by molar-refractivity contribution is -0.115. The average Bonchev–Trinajstić information content (AvgIpc) is 3.74. The molecule has 4 heterocycles. The van der Waals surface area contributed by atoms with Crippen LogP contribution in [0.3, 0.4) is 0 Å². The molecule has 0 fully saturated rings. The van der Waals surface area contributed by atoms with Crippen molar-refractivity contribution in [2.45, 2.75) is 25.9 Å². The lowest BCUT2D eigenvalue weighted by Crippen LogP contribution is -2.29. The van der Waals surface area contributed by atoms with Crippen molar-refractivity contribution in [3.63, 3.8) is 0 Å². The van der Waals surface area contributed by atoms with Gasteiger partial charge in [-0.25, -0.2) is 36.2 Å². The fourth-order valence-corrected chi connectivity index (χ4v) is 6.41. The van der Waals surface area contributed by atoms with Crippen LogP contribution in [0.5, 0.6) is 0 Å². The van der Waals surface area contributed by atoms with Gasteiger partial charge in [-0.05, 0) is 66.9 Å². The first-order valence-corrected chi connectivity index (χ1v) is 17.8. The van der Waals surface area contributed by atoms with Crippen LogP contribution in [0.2, 0.25) is 0 Å². The van der Waals surface area contributed by atoms with Crippen LogP contribution in [-0.4, -0.2) is 67.3 Å². The van der Waals surface area contributed by atoms with Crippen LogP contribution in [-0.2, 0) is 37.9 Å². The number of benzene rings is 1. The summed E-state index contributed by atoms with van der Waals surface area (Å²) in [7, 11) is -6.71. The number of nitrogens with two attached hydrogens (primary N) is 1. The Hall–Kier alpha value is -4.59. The molecule has 1 amide bonds. The maximum Gasteiger partial charge on any atom is 0.296 e. The van der Waals surface area contributed by atoms with E-state index in [1.807, 2.05) is 48.5 Å². The molecule has 13 nitrogen and oxygen atoms in total. The number of carbonyl (C=O) groups is 1. The average molecular weight is 665 g/mol. The van der Waals surface area contributed by atoms with Gasteiger partial charge in [0.05, 0.1) is 11.5 Å². The van der Waals surface area contributed by atoms with Crippen molar-refractivity contribution in [1.82, 2.24) is 34.7 Å². The van der Waals surface area contributed by atoms with Gasteiger partial charge in [-0.3, -0.25) is 4.79 Å². The summed E-state index contributed by atoms with van der Waals surface area (Å²) in [4.78, 5) is 26.0. The molecule has 0 bridgehead atoms. The molecule has 0 radical (unpaired) electrons. The van der Waals surface area contributed by atoms with Gasteiger partial charge in [0.2, 0.25) is 20.0 Å². The lowest BCUT2D eigenvalue weighted by atomic mass is 10.2. The Balaban J connectivity index is 0.000000230. The minimum atomic E-state index is -3.45. The minimum absolute atomic E-state index is 0.0604. The number of aromatic nitrogens is 4. The third-order valence-corrected chi connectivity index (χ3v) is 9.47. The largest absolute Gasteiger partial charge is 0.346 e. The van der Waals surface area contributed by atoms with Gasteiger partial charge in [0.1, 0.15) is 11.3 Å². The Morgan fingerprint density at radius 2 is 1.30 bits per heavy atom. The molecule has 5 rings (SSSR count). The number of nitrogens with one attached hydrogen (secondary N) is 5. The molecule has 0 aliphatic carbocycles. The number of amides is 1. The van der Waals surface area contributed by atoms with Crippen LogP contribution < -0.4 is 20.5 Å². The molecule has 242 valence electrons. The second-order valence-electron chi connectivity index (χ2n) is 10.1. The smallest absolute Gasteiger partial charge is 0.296 e. The number of nitrogens with zero attached hydrogens (tertiary/aromatic N) is 2. The third-order valence-electron chi connectivity index (χ3n) is 6.65. The molecule has 5 aromatic rings. The molecule has 0 atom stereocenters. The van der Waals surface area contributed by atoms with Gasteiger partial charge in [0.15, 0.2) is 0 Å². The Labute approximate surface area is 267 Å². The number of H-pyrrole nitrogens is 2. The summed E-state index contributed by atoms with van der Waals surface area (Å²) in [6.07, 6.45) is 7.59. The van der Waals surface area contributed by atoms with Crippen LogP contribution in [0.25, 0.3) is 22.1 Å².